The van der Waals surface area contributed by atoms with Crippen molar-refractivity contribution in [1.29, 1.82) is 0 Å². The van der Waals surface area contributed by atoms with E-state index in [2.05, 4.69) is 24.8 Å². The molecule has 2 heteroatoms. The molecule has 0 amide bonds. The third-order valence-corrected chi connectivity index (χ3v) is 2.47. The Hall–Kier alpha value is -1.41. The van der Waals surface area contributed by atoms with Crippen molar-refractivity contribution >= 4 is 29.5 Å². The predicted molar refractivity (Wildman–Crippen MR) is 68.5 cm³/mol. The van der Waals surface area contributed by atoms with Gasteiger partial charge < -0.3 is 5.11 Å². The molecule has 0 saturated carbocycles. The smallest absolute Gasteiger partial charge is 0.116 e. The summed E-state index contributed by atoms with van der Waals surface area (Å²) in [7, 11) is 0. The fourth-order valence-electron chi connectivity index (χ4n) is 1.55. The lowest BCUT2D eigenvalue weighted by Crippen LogP contribution is -1.76. The number of fused-ring (bicyclic) bond motifs is 1. The highest BCUT2D eigenvalue weighted by atomic mass is 32.1. The van der Waals surface area contributed by atoms with Crippen molar-refractivity contribution < 1.29 is 5.11 Å². The van der Waals surface area contributed by atoms with Crippen LogP contribution in [-0.2, 0) is 0 Å². The first kappa shape index (κ1) is 10.1. The van der Waals surface area contributed by atoms with Crippen molar-refractivity contribution in [2.45, 2.75) is 0 Å². The van der Waals surface area contributed by atoms with E-state index < -0.39 is 0 Å². The van der Waals surface area contributed by atoms with Crippen LogP contribution < -0.4 is 0 Å². The van der Waals surface area contributed by atoms with E-state index in [1.54, 1.807) is 12.1 Å². The number of hydrogen-bond acceptors (Lipinski definition) is 2. The molecule has 2 aromatic carbocycles. The quantitative estimate of drug-likeness (QED) is 0.736. The molecular formula is C13H12OS. The van der Waals surface area contributed by atoms with Crippen LogP contribution in [0.3, 0.4) is 0 Å². The summed E-state index contributed by atoms with van der Waals surface area (Å²) in [5.41, 5.74) is 1.13. The molecule has 2 aromatic rings. The van der Waals surface area contributed by atoms with Gasteiger partial charge in [0.2, 0.25) is 0 Å². The normalized spacial score (nSPS) is 11.3. The molecule has 0 aliphatic heterocycles. The summed E-state index contributed by atoms with van der Waals surface area (Å²) in [6.07, 6.45) is 4.02. The standard InChI is InChI=1S/C13H12OS/c14-13-6-5-11-4-3-10(2-1-7-15)8-12(11)9-13/h1-6,8-9,14-15H,7H2. The Labute approximate surface area is 94.5 Å². The third-order valence-electron chi connectivity index (χ3n) is 2.26. The van der Waals surface area contributed by atoms with Gasteiger partial charge in [0.05, 0.1) is 0 Å². The second-order valence-corrected chi connectivity index (χ2v) is 3.74. The maximum Gasteiger partial charge on any atom is 0.116 e. The zero-order chi connectivity index (χ0) is 10.7. The molecule has 0 spiro atoms. The van der Waals surface area contributed by atoms with Crippen molar-refractivity contribution in [2.24, 2.45) is 0 Å². The van der Waals surface area contributed by atoms with Crippen LogP contribution in [0.15, 0.2) is 42.5 Å². The monoisotopic (exact) mass is 216 g/mol. The summed E-state index contributed by atoms with van der Waals surface area (Å²) in [6.45, 7) is 0. The molecule has 0 heterocycles. The highest BCUT2D eigenvalue weighted by Gasteiger charge is 1.95. The molecule has 76 valence electrons. The molecule has 0 fully saturated rings. The van der Waals surface area contributed by atoms with Crippen molar-refractivity contribution in [3.05, 3.63) is 48.0 Å². The summed E-state index contributed by atoms with van der Waals surface area (Å²) < 4.78 is 0. The average Bonchev–Trinajstić information content (AvgIpc) is 2.25. The molecule has 0 unspecified atom stereocenters. The van der Waals surface area contributed by atoms with Crippen molar-refractivity contribution in [3.63, 3.8) is 0 Å². The second kappa shape index (κ2) is 4.41. The van der Waals surface area contributed by atoms with Gasteiger partial charge in [-0.3, -0.25) is 0 Å². The molecule has 1 N–H and O–H groups in total. The topological polar surface area (TPSA) is 20.2 Å². The van der Waals surface area contributed by atoms with E-state index in [9.17, 15) is 5.11 Å². The summed E-state index contributed by atoms with van der Waals surface area (Å²) in [5, 5.41) is 11.6. The number of aromatic hydroxyl groups is 1. The summed E-state index contributed by atoms with van der Waals surface area (Å²) in [4.78, 5) is 0. The van der Waals surface area contributed by atoms with Gasteiger partial charge >= 0.3 is 0 Å². The largest absolute Gasteiger partial charge is 0.508 e. The maximum atomic E-state index is 9.37. The van der Waals surface area contributed by atoms with Crippen LogP contribution in [0.1, 0.15) is 5.56 Å². The van der Waals surface area contributed by atoms with Crippen molar-refractivity contribution in [3.8, 4) is 5.75 Å². The van der Waals surface area contributed by atoms with Gasteiger partial charge in [0.15, 0.2) is 0 Å². The Morgan fingerprint density at radius 2 is 1.87 bits per heavy atom. The van der Waals surface area contributed by atoms with Gasteiger partial charge in [-0.15, -0.1) is 0 Å². The van der Waals surface area contributed by atoms with Gasteiger partial charge in [-0.2, -0.15) is 12.6 Å². The number of benzene rings is 2. The highest BCUT2D eigenvalue weighted by molar-refractivity contribution is 7.80. The van der Waals surface area contributed by atoms with Gasteiger partial charge in [0, 0.05) is 5.75 Å². The van der Waals surface area contributed by atoms with Gasteiger partial charge in [0.1, 0.15) is 5.75 Å². The fraction of sp³-hybridized carbons (Fsp3) is 0.0769. The molecule has 0 radical (unpaired) electrons. The molecular weight excluding hydrogens is 204 g/mol. The van der Waals surface area contributed by atoms with Crippen LogP contribution in [0.25, 0.3) is 16.8 Å². The van der Waals surface area contributed by atoms with Crippen LogP contribution in [0.4, 0.5) is 0 Å². The zero-order valence-corrected chi connectivity index (χ0v) is 9.11. The maximum absolute atomic E-state index is 9.37. The van der Waals surface area contributed by atoms with Crippen LogP contribution >= 0.6 is 12.6 Å². The van der Waals surface area contributed by atoms with Gasteiger partial charge in [-0.25, -0.2) is 0 Å². The van der Waals surface area contributed by atoms with E-state index >= 15 is 0 Å². The van der Waals surface area contributed by atoms with E-state index in [0.29, 0.717) is 5.75 Å². The van der Waals surface area contributed by atoms with Crippen molar-refractivity contribution in [1.82, 2.24) is 0 Å². The van der Waals surface area contributed by atoms with Gasteiger partial charge in [-0.05, 0) is 34.5 Å². The van der Waals surface area contributed by atoms with Crippen LogP contribution in [0.2, 0.25) is 0 Å². The number of thiol groups is 1. The van der Waals surface area contributed by atoms with E-state index in [1.807, 2.05) is 24.3 Å². The summed E-state index contributed by atoms with van der Waals surface area (Å²) >= 11 is 4.11. The average molecular weight is 216 g/mol. The lowest BCUT2D eigenvalue weighted by Gasteiger charge is -2.00. The Kier molecular flexibility index (Phi) is 2.97. The molecule has 0 aromatic heterocycles. The minimum atomic E-state index is 0.304. The number of hydrogen-bond donors (Lipinski definition) is 2. The molecule has 0 aliphatic carbocycles. The molecule has 0 saturated heterocycles. The first-order chi connectivity index (χ1) is 7.29. The minimum absolute atomic E-state index is 0.304. The van der Waals surface area contributed by atoms with Gasteiger partial charge in [0.25, 0.3) is 0 Å². The van der Waals surface area contributed by atoms with Crippen LogP contribution in [0.5, 0.6) is 5.75 Å². The van der Waals surface area contributed by atoms with E-state index in [4.69, 9.17) is 0 Å². The molecule has 1 nitrogen and oxygen atoms in total. The molecule has 0 aliphatic rings. The van der Waals surface area contributed by atoms with Crippen molar-refractivity contribution in [2.75, 3.05) is 5.75 Å². The minimum Gasteiger partial charge on any atom is -0.508 e. The van der Waals surface area contributed by atoms with E-state index in [0.717, 1.165) is 22.1 Å². The lowest BCUT2D eigenvalue weighted by molar-refractivity contribution is 0.476. The second-order valence-electron chi connectivity index (χ2n) is 3.38. The number of rotatable bonds is 2. The molecule has 15 heavy (non-hydrogen) atoms. The summed E-state index contributed by atoms with van der Waals surface area (Å²) in [5.74, 6) is 1.04. The molecule has 0 bridgehead atoms. The van der Waals surface area contributed by atoms with E-state index in [-0.39, 0.29) is 0 Å². The number of phenolic OH excluding ortho intramolecular Hbond substituents is 1. The third kappa shape index (κ3) is 2.34. The fourth-order valence-corrected chi connectivity index (χ4v) is 1.65. The Morgan fingerprint density at radius 1 is 1.07 bits per heavy atom. The number of phenols is 1. The van der Waals surface area contributed by atoms with E-state index in [1.165, 1.54) is 0 Å². The summed E-state index contributed by atoms with van der Waals surface area (Å²) in [6, 6.07) is 11.5. The first-order valence-corrected chi connectivity index (χ1v) is 5.43. The SMILES string of the molecule is Oc1ccc2ccc(C=CCS)cc2c1. The van der Waals surface area contributed by atoms with Gasteiger partial charge in [-0.1, -0.05) is 30.4 Å². The Balaban J connectivity index is 2.49. The predicted octanol–water partition coefficient (Wildman–Crippen LogP) is 3.49. The van der Waals surface area contributed by atoms with Crippen LogP contribution in [0, 0.1) is 0 Å². The Morgan fingerprint density at radius 3 is 2.67 bits per heavy atom. The highest BCUT2D eigenvalue weighted by Crippen LogP contribution is 2.21. The lowest BCUT2D eigenvalue weighted by atomic mass is 10.1. The molecule has 0 atom stereocenters. The molecule has 2 rings (SSSR count). The zero-order valence-electron chi connectivity index (χ0n) is 8.22. The first-order valence-electron chi connectivity index (χ1n) is 4.80. The van der Waals surface area contributed by atoms with Crippen LogP contribution in [-0.4, -0.2) is 10.9 Å². The Bertz CT molecular complexity index is 503.